The summed E-state index contributed by atoms with van der Waals surface area (Å²) >= 11 is 0. The van der Waals surface area contributed by atoms with E-state index in [4.69, 9.17) is 0 Å². The highest BCUT2D eigenvalue weighted by atomic mass is 16.2. The van der Waals surface area contributed by atoms with Crippen LogP contribution < -0.4 is 4.90 Å². The molecule has 5 heteroatoms. The van der Waals surface area contributed by atoms with Crippen LogP contribution >= 0.6 is 0 Å². The Kier molecular flexibility index (Phi) is 5.94. The number of anilines is 1. The third kappa shape index (κ3) is 4.72. The van der Waals surface area contributed by atoms with Gasteiger partial charge >= 0.3 is 0 Å². The molecule has 2 aliphatic heterocycles. The topological polar surface area (TPSA) is 39.7 Å². The molecule has 1 unspecified atom stereocenters. The van der Waals surface area contributed by atoms with Crippen molar-refractivity contribution in [2.45, 2.75) is 46.1 Å². The normalized spacial score (nSPS) is 23.2. The van der Waals surface area contributed by atoms with E-state index in [1.807, 2.05) is 6.20 Å². The zero-order valence-electron chi connectivity index (χ0n) is 15.9. The van der Waals surface area contributed by atoms with Crippen molar-refractivity contribution in [3.05, 3.63) is 24.0 Å². The summed E-state index contributed by atoms with van der Waals surface area (Å²) in [5, 5.41) is 0. The Morgan fingerprint density at radius 2 is 2.08 bits per heavy atom. The van der Waals surface area contributed by atoms with Crippen molar-refractivity contribution in [1.29, 1.82) is 0 Å². The van der Waals surface area contributed by atoms with E-state index in [1.54, 1.807) is 0 Å². The SMILES string of the molecule is Cc1cc(N2CCCN(CC3CCC(=O)N(C(C)C)C3)CC2)ccn1. The summed E-state index contributed by atoms with van der Waals surface area (Å²) in [5.74, 6) is 0.955. The zero-order chi connectivity index (χ0) is 17.8. The standard InChI is InChI=1S/C20H32N4O/c1-16(2)24-15-18(5-6-20(24)25)14-22-9-4-10-23(12-11-22)19-7-8-21-17(3)13-19/h7-8,13,16,18H,4-6,9-12,14-15H2,1-3H3. The molecule has 1 atom stereocenters. The molecule has 3 rings (SSSR count). The molecule has 0 saturated carbocycles. The van der Waals surface area contributed by atoms with Crippen LogP contribution in [0.4, 0.5) is 5.69 Å². The molecule has 2 aliphatic rings. The number of likely N-dealkylation sites (tertiary alicyclic amines) is 1. The Morgan fingerprint density at radius 3 is 2.84 bits per heavy atom. The van der Waals surface area contributed by atoms with Crippen LogP contribution in [-0.4, -0.2) is 66.0 Å². The lowest BCUT2D eigenvalue weighted by molar-refractivity contribution is -0.136. The lowest BCUT2D eigenvalue weighted by atomic mass is 9.95. The first-order chi connectivity index (χ1) is 12.0. The van der Waals surface area contributed by atoms with E-state index in [0.29, 0.717) is 17.9 Å². The second-order valence-corrected chi connectivity index (χ2v) is 7.84. The van der Waals surface area contributed by atoms with Crippen LogP contribution in [0.5, 0.6) is 0 Å². The maximum atomic E-state index is 12.1. The fourth-order valence-electron chi connectivity index (χ4n) is 4.09. The van der Waals surface area contributed by atoms with Crippen LogP contribution in [0.15, 0.2) is 18.3 Å². The summed E-state index contributed by atoms with van der Waals surface area (Å²) in [5.41, 5.74) is 2.38. The van der Waals surface area contributed by atoms with Crippen molar-refractivity contribution in [3.8, 4) is 0 Å². The first-order valence-electron chi connectivity index (χ1n) is 9.72. The van der Waals surface area contributed by atoms with Crippen LogP contribution in [0.1, 0.15) is 38.8 Å². The van der Waals surface area contributed by atoms with E-state index in [-0.39, 0.29) is 0 Å². The number of carbonyl (C=O) groups is 1. The van der Waals surface area contributed by atoms with Crippen molar-refractivity contribution in [2.75, 3.05) is 44.2 Å². The predicted octanol–water partition coefficient (Wildman–Crippen LogP) is 2.55. The molecule has 0 N–H and O–H groups in total. The van der Waals surface area contributed by atoms with Gasteiger partial charge < -0.3 is 14.7 Å². The highest BCUT2D eigenvalue weighted by Gasteiger charge is 2.29. The first-order valence-corrected chi connectivity index (χ1v) is 9.72. The molecule has 1 aromatic rings. The summed E-state index contributed by atoms with van der Waals surface area (Å²) in [7, 11) is 0. The van der Waals surface area contributed by atoms with Gasteiger partial charge in [0.25, 0.3) is 0 Å². The van der Waals surface area contributed by atoms with Gasteiger partial charge in [0.05, 0.1) is 0 Å². The Labute approximate surface area is 152 Å². The van der Waals surface area contributed by atoms with Crippen LogP contribution in [0.25, 0.3) is 0 Å². The monoisotopic (exact) mass is 344 g/mol. The summed E-state index contributed by atoms with van der Waals surface area (Å²) < 4.78 is 0. The molecule has 1 aromatic heterocycles. The minimum atomic E-state index is 0.324. The maximum absolute atomic E-state index is 12.1. The van der Waals surface area contributed by atoms with Gasteiger partial charge in [-0.25, -0.2) is 0 Å². The molecule has 5 nitrogen and oxygen atoms in total. The summed E-state index contributed by atoms with van der Waals surface area (Å²) in [6.07, 6.45) is 4.87. The number of pyridine rings is 1. The number of rotatable bonds is 4. The van der Waals surface area contributed by atoms with Gasteiger partial charge in [0.1, 0.15) is 0 Å². The van der Waals surface area contributed by atoms with Crippen molar-refractivity contribution in [1.82, 2.24) is 14.8 Å². The largest absolute Gasteiger partial charge is 0.370 e. The van der Waals surface area contributed by atoms with Gasteiger partial charge in [0.15, 0.2) is 0 Å². The molecule has 2 saturated heterocycles. The van der Waals surface area contributed by atoms with E-state index in [9.17, 15) is 4.79 Å². The molecular formula is C20H32N4O. The van der Waals surface area contributed by atoms with Gasteiger partial charge in [0, 0.05) is 62.8 Å². The van der Waals surface area contributed by atoms with Gasteiger partial charge in [-0.15, -0.1) is 0 Å². The van der Waals surface area contributed by atoms with Crippen LogP contribution in [0.3, 0.4) is 0 Å². The molecular weight excluding hydrogens is 312 g/mol. The second kappa shape index (κ2) is 8.17. The quantitative estimate of drug-likeness (QED) is 0.842. The fraction of sp³-hybridized carbons (Fsp3) is 0.700. The van der Waals surface area contributed by atoms with Crippen molar-refractivity contribution >= 4 is 11.6 Å². The first kappa shape index (κ1) is 18.2. The van der Waals surface area contributed by atoms with Gasteiger partial charge in [-0.05, 0) is 58.2 Å². The summed E-state index contributed by atoms with van der Waals surface area (Å²) in [4.78, 5) is 23.5. The molecule has 3 heterocycles. The Bertz CT molecular complexity index is 589. The van der Waals surface area contributed by atoms with E-state index >= 15 is 0 Å². The number of aryl methyl sites for hydroxylation is 1. The van der Waals surface area contributed by atoms with E-state index in [0.717, 1.165) is 57.8 Å². The van der Waals surface area contributed by atoms with E-state index in [1.165, 1.54) is 12.1 Å². The fourth-order valence-corrected chi connectivity index (χ4v) is 4.09. The number of aromatic nitrogens is 1. The molecule has 138 valence electrons. The maximum Gasteiger partial charge on any atom is 0.222 e. The minimum absolute atomic E-state index is 0.324. The van der Waals surface area contributed by atoms with Gasteiger partial charge in [0.2, 0.25) is 5.91 Å². The third-order valence-corrected chi connectivity index (χ3v) is 5.52. The van der Waals surface area contributed by atoms with Crippen LogP contribution in [0, 0.1) is 12.8 Å². The van der Waals surface area contributed by atoms with Gasteiger partial charge in [-0.2, -0.15) is 0 Å². The Morgan fingerprint density at radius 1 is 1.24 bits per heavy atom. The second-order valence-electron chi connectivity index (χ2n) is 7.84. The molecule has 2 fully saturated rings. The molecule has 0 radical (unpaired) electrons. The highest BCUT2D eigenvalue weighted by Crippen LogP contribution is 2.22. The van der Waals surface area contributed by atoms with E-state index in [2.05, 4.69) is 52.6 Å². The van der Waals surface area contributed by atoms with Gasteiger partial charge in [-0.3, -0.25) is 9.78 Å². The Hall–Kier alpha value is -1.62. The number of piperidine rings is 1. The van der Waals surface area contributed by atoms with E-state index < -0.39 is 0 Å². The van der Waals surface area contributed by atoms with Gasteiger partial charge in [-0.1, -0.05) is 0 Å². The number of carbonyl (C=O) groups excluding carboxylic acids is 1. The number of amides is 1. The van der Waals surface area contributed by atoms with Crippen molar-refractivity contribution in [3.63, 3.8) is 0 Å². The zero-order valence-corrected chi connectivity index (χ0v) is 15.9. The Balaban J connectivity index is 1.54. The predicted molar refractivity (Wildman–Crippen MR) is 102 cm³/mol. The number of hydrogen-bond acceptors (Lipinski definition) is 4. The lowest BCUT2D eigenvalue weighted by Gasteiger charge is -2.37. The third-order valence-electron chi connectivity index (χ3n) is 5.52. The van der Waals surface area contributed by atoms with Crippen LogP contribution in [0.2, 0.25) is 0 Å². The van der Waals surface area contributed by atoms with Crippen molar-refractivity contribution < 1.29 is 4.79 Å². The number of hydrogen-bond donors (Lipinski definition) is 0. The molecule has 0 aliphatic carbocycles. The highest BCUT2D eigenvalue weighted by molar-refractivity contribution is 5.77. The average molecular weight is 345 g/mol. The molecule has 0 aromatic carbocycles. The summed E-state index contributed by atoms with van der Waals surface area (Å²) in [6.45, 7) is 12.8. The van der Waals surface area contributed by atoms with Crippen molar-refractivity contribution in [2.24, 2.45) is 5.92 Å². The average Bonchev–Trinajstić information content (AvgIpc) is 2.82. The molecule has 0 spiro atoms. The molecule has 25 heavy (non-hydrogen) atoms. The van der Waals surface area contributed by atoms with Crippen LogP contribution in [-0.2, 0) is 4.79 Å². The minimum Gasteiger partial charge on any atom is -0.370 e. The molecule has 1 amide bonds. The summed E-state index contributed by atoms with van der Waals surface area (Å²) in [6, 6.07) is 4.63. The lowest BCUT2D eigenvalue weighted by Crippen LogP contribution is -2.47. The molecule has 0 bridgehead atoms. The number of nitrogens with zero attached hydrogens (tertiary/aromatic N) is 4. The smallest absolute Gasteiger partial charge is 0.222 e.